The highest BCUT2D eigenvalue weighted by atomic mass is 16.5. The summed E-state index contributed by atoms with van der Waals surface area (Å²) in [6, 6.07) is 5.19. The van der Waals surface area contributed by atoms with E-state index in [9.17, 15) is 4.79 Å². The Labute approximate surface area is 130 Å². The Hall–Kier alpha value is -2.50. The Bertz CT molecular complexity index is 637. The number of aryl methyl sites for hydroxylation is 1. The van der Waals surface area contributed by atoms with E-state index in [-0.39, 0.29) is 5.91 Å². The standard InChI is InChI=1S/C16H21N3O3/c1-4-21-14-7-6-13(8-15(14)22-5-2)16(20)17-9-12-10-18-19(3)11-12/h6-8,10-11H,4-5,9H2,1-3H3,(H,17,20). The summed E-state index contributed by atoms with van der Waals surface area (Å²) in [5.74, 6) is 1.07. The first-order valence-corrected chi connectivity index (χ1v) is 7.29. The van der Waals surface area contributed by atoms with E-state index >= 15 is 0 Å². The molecule has 22 heavy (non-hydrogen) atoms. The van der Waals surface area contributed by atoms with Gasteiger partial charge in [0.15, 0.2) is 11.5 Å². The van der Waals surface area contributed by atoms with Gasteiger partial charge in [0.05, 0.1) is 19.4 Å². The summed E-state index contributed by atoms with van der Waals surface area (Å²) >= 11 is 0. The largest absolute Gasteiger partial charge is 0.490 e. The molecule has 2 aromatic rings. The fourth-order valence-corrected chi connectivity index (χ4v) is 2.04. The molecule has 0 unspecified atom stereocenters. The summed E-state index contributed by atoms with van der Waals surface area (Å²) in [6.45, 7) is 5.30. The minimum atomic E-state index is -0.159. The van der Waals surface area contributed by atoms with Crippen molar-refractivity contribution in [3.05, 3.63) is 41.7 Å². The van der Waals surface area contributed by atoms with Crippen molar-refractivity contribution in [2.45, 2.75) is 20.4 Å². The first kappa shape index (κ1) is 15.9. The summed E-state index contributed by atoms with van der Waals surface area (Å²) in [4.78, 5) is 12.2. The zero-order chi connectivity index (χ0) is 15.9. The normalized spacial score (nSPS) is 10.3. The first-order chi connectivity index (χ1) is 10.6. The maximum atomic E-state index is 12.2. The summed E-state index contributed by atoms with van der Waals surface area (Å²) in [7, 11) is 1.84. The molecule has 0 atom stereocenters. The fraction of sp³-hybridized carbons (Fsp3) is 0.375. The molecule has 1 heterocycles. The van der Waals surface area contributed by atoms with Gasteiger partial charge in [0.2, 0.25) is 0 Å². The van der Waals surface area contributed by atoms with Gasteiger partial charge < -0.3 is 14.8 Å². The molecular weight excluding hydrogens is 282 g/mol. The minimum absolute atomic E-state index is 0.159. The number of amides is 1. The Kier molecular flexibility index (Phi) is 5.41. The minimum Gasteiger partial charge on any atom is -0.490 e. The average Bonchev–Trinajstić information content (AvgIpc) is 2.92. The van der Waals surface area contributed by atoms with E-state index in [1.165, 1.54) is 0 Å². The van der Waals surface area contributed by atoms with Gasteiger partial charge in [-0.2, -0.15) is 5.10 Å². The smallest absolute Gasteiger partial charge is 0.251 e. The number of hydrogen-bond acceptors (Lipinski definition) is 4. The van der Waals surface area contributed by atoms with Gasteiger partial charge in [0.25, 0.3) is 5.91 Å². The van der Waals surface area contributed by atoms with E-state index in [0.717, 1.165) is 5.56 Å². The Balaban J connectivity index is 2.06. The molecule has 0 bridgehead atoms. The molecule has 2 rings (SSSR count). The lowest BCUT2D eigenvalue weighted by Crippen LogP contribution is -2.22. The molecule has 1 amide bonds. The van der Waals surface area contributed by atoms with E-state index < -0.39 is 0 Å². The number of benzene rings is 1. The molecule has 1 N–H and O–H groups in total. The highest BCUT2D eigenvalue weighted by Gasteiger charge is 2.11. The predicted molar refractivity (Wildman–Crippen MR) is 83.2 cm³/mol. The Morgan fingerprint density at radius 1 is 1.23 bits per heavy atom. The second-order valence-corrected chi connectivity index (χ2v) is 4.73. The third-order valence-electron chi connectivity index (χ3n) is 3.02. The molecule has 0 aliphatic rings. The monoisotopic (exact) mass is 303 g/mol. The molecule has 0 saturated carbocycles. The number of aromatic nitrogens is 2. The molecule has 1 aromatic heterocycles. The van der Waals surface area contributed by atoms with Gasteiger partial charge in [-0.05, 0) is 32.0 Å². The molecule has 0 radical (unpaired) electrons. The summed E-state index contributed by atoms with van der Waals surface area (Å²) < 4.78 is 12.7. The van der Waals surface area contributed by atoms with Crippen molar-refractivity contribution in [1.82, 2.24) is 15.1 Å². The predicted octanol–water partition coefficient (Wildman–Crippen LogP) is 2.15. The van der Waals surface area contributed by atoms with Crippen molar-refractivity contribution < 1.29 is 14.3 Å². The molecule has 0 spiro atoms. The topological polar surface area (TPSA) is 65.4 Å². The molecule has 0 fully saturated rings. The summed E-state index contributed by atoms with van der Waals surface area (Å²) in [5, 5.41) is 6.93. The lowest BCUT2D eigenvalue weighted by atomic mass is 10.2. The van der Waals surface area contributed by atoms with Crippen LogP contribution in [0.4, 0.5) is 0 Å². The maximum Gasteiger partial charge on any atom is 0.251 e. The molecule has 6 heteroatoms. The van der Waals surface area contributed by atoms with E-state index in [0.29, 0.717) is 36.8 Å². The lowest BCUT2D eigenvalue weighted by molar-refractivity contribution is 0.0950. The van der Waals surface area contributed by atoms with Crippen LogP contribution in [-0.2, 0) is 13.6 Å². The van der Waals surface area contributed by atoms with Crippen molar-refractivity contribution in [3.63, 3.8) is 0 Å². The van der Waals surface area contributed by atoms with Gasteiger partial charge >= 0.3 is 0 Å². The number of nitrogens with one attached hydrogen (secondary N) is 1. The molecule has 118 valence electrons. The van der Waals surface area contributed by atoms with Crippen molar-refractivity contribution in [2.24, 2.45) is 7.05 Å². The number of carbonyl (C=O) groups excluding carboxylic acids is 1. The molecule has 0 saturated heterocycles. The summed E-state index contributed by atoms with van der Waals surface area (Å²) in [6.07, 6.45) is 3.59. The molecule has 0 aliphatic heterocycles. The zero-order valence-corrected chi connectivity index (χ0v) is 13.1. The van der Waals surface area contributed by atoms with Gasteiger partial charge in [0.1, 0.15) is 0 Å². The third-order valence-corrected chi connectivity index (χ3v) is 3.02. The van der Waals surface area contributed by atoms with Crippen molar-refractivity contribution in [3.8, 4) is 11.5 Å². The van der Waals surface area contributed by atoms with Gasteiger partial charge in [-0.1, -0.05) is 0 Å². The van der Waals surface area contributed by atoms with Crippen molar-refractivity contribution in [1.29, 1.82) is 0 Å². The highest BCUT2D eigenvalue weighted by molar-refractivity contribution is 5.94. The van der Waals surface area contributed by atoms with E-state index in [1.54, 1.807) is 29.1 Å². The fourth-order valence-electron chi connectivity index (χ4n) is 2.04. The molecule has 0 aliphatic carbocycles. The Morgan fingerprint density at radius 2 is 1.95 bits per heavy atom. The van der Waals surface area contributed by atoms with E-state index in [2.05, 4.69) is 10.4 Å². The van der Waals surface area contributed by atoms with Crippen molar-refractivity contribution >= 4 is 5.91 Å². The van der Waals surface area contributed by atoms with Crippen LogP contribution in [-0.4, -0.2) is 28.9 Å². The van der Waals surface area contributed by atoms with Gasteiger partial charge in [-0.15, -0.1) is 0 Å². The van der Waals surface area contributed by atoms with Crippen LogP contribution in [0.2, 0.25) is 0 Å². The van der Waals surface area contributed by atoms with Crippen LogP contribution >= 0.6 is 0 Å². The second-order valence-electron chi connectivity index (χ2n) is 4.73. The number of ether oxygens (including phenoxy) is 2. The number of hydrogen-bond donors (Lipinski definition) is 1. The van der Waals surface area contributed by atoms with Crippen LogP contribution in [0.15, 0.2) is 30.6 Å². The van der Waals surface area contributed by atoms with Crippen LogP contribution in [0.5, 0.6) is 11.5 Å². The second kappa shape index (κ2) is 7.49. The van der Waals surface area contributed by atoms with Crippen LogP contribution in [0.25, 0.3) is 0 Å². The van der Waals surface area contributed by atoms with Crippen LogP contribution in [0, 0.1) is 0 Å². The van der Waals surface area contributed by atoms with Gasteiger partial charge in [-0.3, -0.25) is 9.48 Å². The van der Waals surface area contributed by atoms with E-state index in [1.807, 2.05) is 27.1 Å². The third kappa shape index (κ3) is 4.00. The maximum absolute atomic E-state index is 12.2. The van der Waals surface area contributed by atoms with Crippen molar-refractivity contribution in [2.75, 3.05) is 13.2 Å². The van der Waals surface area contributed by atoms with Gasteiger partial charge in [-0.25, -0.2) is 0 Å². The highest BCUT2D eigenvalue weighted by Crippen LogP contribution is 2.28. The van der Waals surface area contributed by atoms with Crippen LogP contribution in [0.1, 0.15) is 29.8 Å². The molecule has 6 nitrogen and oxygen atoms in total. The average molecular weight is 303 g/mol. The Morgan fingerprint density at radius 3 is 2.59 bits per heavy atom. The zero-order valence-electron chi connectivity index (χ0n) is 13.1. The molecular formula is C16H21N3O3. The lowest BCUT2D eigenvalue weighted by Gasteiger charge is -2.12. The number of rotatable bonds is 7. The van der Waals surface area contributed by atoms with Crippen LogP contribution < -0.4 is 14.8 Å². The number of carbonyl (C=O) groups is 1. The number of nitrogens with zero attached hydrogens (tertiary/aromatic N) is 2. The van der Waals surface area contributed by atoms with Gasteiger partial charge in [0, 0.05) is 30.9 Å². The molecule has 1 aromatic carbocycles. The quantitative estimate of drug-likeness (QED) is 0.851. The van der Waals surface area contributed by atoms with E-state index in [4.69, 9.17) is 9.47 Å². The summed E-state index contributed by atoms with van der Waals surface area (Å²) in [5.41, 5.74) is 1.49. The van der Waals surface area contributed by atoms with Crippen LogP contribution in [0.3, 0.4) is 0 Å². The SMILES string of the molecule is CCOc1ccc(C(=O)NCc2cnn(C)c2)cc1OCC. The first-order valence-electron chi connectivity index (χ1n) is 7.29.